The molecule has 124 valence electrons. The highest BCUT2D eigenvalue weighted by Crippen LogP contribution is 2.28. The standard InChI is InChI=1S/C17H21NO4S/c1-13(2)11-17(19)18-12-16(15-9-6-10-22-15)23(20,21)14-7-4-3-5-8-14/h3-10,13,16H,11-12H2,1-2H3,(H,18,19)/t16-/m0/s1. The third-order valence-electron chi connectivity index (χ3n) is 3.39. The van der Waals surface area contributed by atoms with Crippen LogP contribution in [0.1, 0.15) is 31.3 Å². The molecule has 0 aliphatic rings. The lowest BCUT2D eigenvalue weighted by molar-refractivity contribution is -0.121. The van der Waals surface area contributed by atoms with Gasteiger partial charge in [0.25, 0.3) is 0 Å². The van der Waals surface area contributed by atoms with Gasteiger partial charge >= 0.3 is 0 Å². The Bertz CT molecular complexity index is 721. The van der Waals surface area contributed by atoms with E-state index in [1.165, 1.54) is 6.26 Å². The number of furan rings is 1. The maximum absolute atomic E-state index is 12.9. The smallest absolute Gasteiger partial charge is 0.220 e. The maximum atomic E-state index is 12.9. The van der Waals surface area contributed by atoms with Crippen molar-refractivity contribution in [2.75, 3.05) is 6.54 Å². The van der Waals surface area contributed by atoms with Crippen molar-refractivity contribution in [2.45, 2.75) is 30.4 Å². The normalized spacial score (nSPS) is 13.0. The lowest BCUT2D eigenvalue weighted by Crippen LogP contribution is -2.32. The van der Waals surface area contributed by atoms with Crippen LogP contribution in [0.5, 0.6) is 0 Å². The van der Waals surface area contributed by atoms with Gasteiger partial charge in [0.1, 0.15) is 11.0 Å². The molecule has 0 aliphatic heterocycles. The summed E-state index contributed by atoms with van der Waals surface area (Å²) in [6.45, 7) is 3.85. The van der Waals surface area contributed by atoms with Gasteiger partial charge in [-0.3, -0.25) is 4.79 Å². The Labute approximate surface area is 136 Å². The molecule has 2 aromatic rings. The Morgan fingerprint density at radius 3 is 2.39 bits per heavy atom. The van der Waals surface area contributed by atoms with Gasteiger partial charge in [-0.15, -0.1) is 0 Å². The second-order valence-electron chi connectivity index (χ2n) is 5.76. The average molecular weight is 335 g/mol. The molecule has 6 heteroatoms. The second-order valence-corrected chi connectivity index (χ2v) is 7.89. The molecule has 1 aromatic carbocycles. The minimum Gasteiger partial charge on any atom is -0.468 e. The summed E-state index contributed by atoms with van der Waals surface area (Å²) in [5, 5.41) is 1.75. The van der Waals surface area contributed by atoms with Gasteiger partial charge in [-0.05, 0) is 30.2 Å². The zero-order valence-corrected chi connectivity index (χ0v) is 14.0. The first kappa shape index (κ1) is 17.3. The predicted octanol–water partition coefficient (Wildman–Crippen LogP) is 2.96. The molecule has 0 fully saturated rings. The number of carbonyl (C=O) groups excluding carboxylic acids is 1. The van der Waals surface area contributed by atoms with E-state index in [-0.39, 0.29) is 23.3 Å². The Morgan fingerprint density at radius 1 is 1.13 bits per heavy atom. The van der Waals surface area contributed by atoms with Crippen LogP contribution in [-0.4, -0.2) is 20.9 Å². The maximum Gasteiger partial charge on any atom is 0.220 e. The first-order valence-electron chi connectivity index (χ1n) is 7.50. The third-order valence-corrected chi connectivity index (χ3v) is 5.46. The fraction of sp³-hybridized carbons (Fsp3) is 0.353. The van der Waals surface area contributed by atoms with E-state index in [1.54, 1.807) is 42.5 Å². The number of hydrogen-bond acceptors (Lipinski definition) is 4. The molecule has 1 N–H and O–H groups in total. The van der Waals surface area contributed by atoms with Gasteiger partial charge < -0.3 is 9.73 Å². The van der Waals surface area contributed by atoms with Crippen LogP contribution in [0.3, 0.4) is 0 Å². The van der Waals surface area contributed by atoms with Gasteiger partial charge in [-0.1, -0.05) is 32.0 Å². The lowest BCUT2D eigenvalue weighted by atomic mass is 10.1. The number of carbonyl (C=O) groups is 1. The van der Waals surface area contributed by atoms with Gasteiger partial charge in [-0.2, -0.15) is 0 Å². The summed E-state index contributed by atoms with van der Waals surface area (Å²) in [7, 11) is -3.66. The Kier molecular flexibility index (Phi) is 5.60. The van der Waals surface area contributed by atoms with E-state index in [0.29, 0.717) is 12.2 Å². The highest BCUT2D eigenvalue weighted by atomic mass is 32.2. The molecule has 0 aliphatic carbocycles. The lowest BCUT2D eigenvalue weighted by Gasteiger charge is -2.17. The van der Waals surface area contributed by atoms with E-state index < -0.39 is 15.1 Å². The van der Waals surface area contributed by atoms with Crippen molar-refractivity contribution >= 4 is 15.7 Å². The quantitative estimate of drug-likeness (QED) is 0.844. The van der Waals surface area contributed by atoms with Crippen LogP contribution in [0.25, 0.3) is 0 Å². The van der Waals surface area contributed by atoms with Crippen molar-refractivity contribution in [2.24, 2.45) is 5.92 Å². The van der Waals surface area contributed by atoms with E-state index in [4.69, 9.17) is 4.42 Å². The van der Waals surface area contributed by atoms with E-state index in [0.717, 1.165) is 0 Å². The third kappa shape index (κ3) is 4.45. The summed E-state index contributed by atoms with van der Waals surface area (Å²) in [5.74, 6) is 0.362. The van der Waals surface area contributed by atoms with Gasteiger partial charge in [0.05, 0.1) is 11.2 Å². The van der Waals surface area contributed by atoms with Crippen LogP contribution < -0.4 is 5.32 Å². The highest BCUT2D eigenvalue weighted by molar-refractivity contribution is 7.91. The minimum atomic E-state index is -3.66. The second kappa shape index (κ2) is 7.46. The molecular formula is C17H21NO4S. The van der Waals surface area contributed by atoms with Crippen molar-refractivity contribution < 1.29 is 17.6 Å². The van der Waals surface area contributed by atoms with Crippen LogP contribution in [0.4, 0.5) is 0 Å². The SMILES string of the molecule is CC(C)CC(=O)NC[C@@H](c1ccco1)S(=O)(=O)c1ccccc1. The van der Waals surface area contributed by atoms with Crippen molar-refractivity contribution in [3.8, 4) is 0 Å². The van der Waals surface area contributed by atoms with E-state index >= 15 is 0 Å². The number of benzene rings is 1. The number of rotatable bonds is 7. The van der Waals surface area contributed by atoms with Crippen molar-refractivity contribution in [3.63, 3.8) is 0 Å². The monoisotopic (exact) mass is 335 g/mol. The van der Waals surface area contributed by atoms with Gasteiger partial charge in [0.15, 0.2) is 9.84 Å². The summed E-state index contributed by atoms with van der Waals surface area (Å²) >= 11 is 0. The molecule has 0 saturated carbocycles. The number of sulfone groups is 1. The summed E-state index contributed by atoms with van der Waals surface area (Å²) in [5.41, 5.74) is 0. The molecule has 1 amide bonds. The number of amides is 1. The van der Waals surface area contributed by atoms with Gasteiger partial charge in [0.2, 0.25) is 5.91 Å². The van der Waals surface area contributed by atoms with E-state index in [1.807, 2.05) is 13.8 Å². The molecule has 1 heterocycles. The fourth-order valence-electron chi connectivity index (χ4n) is 2.26. The van der Waals surface area contributed by atoms with Crippen molar-refractivity contribution in [1.82, 2.24) is 5.32 Å². The zero-order valence-electron chi connectivity index (χ0n) is 13.2. The van der Waals surface area contributed by atoms with Crippen molar-refractivity contribution in [3.05, 3.63) is 54.5 Å². The van der Waals surface area contributed by atoms with Crippen LogP contribution in [0.15, 0.2) is 58.0 Å². The molecule has 2 rings (SSSR count). The summed E-state index contributed by atoms with van der Waals surface area (Å²) in [4.78, 5) is 12.1. The number of nitrogens with one attached hydrogen (secondary N) is 1. The van der Waals surface area contributed by atoms with Crippen LogP contribution >= 0.6 is 0 Å². The summed E-state index contributed by atoms with van der Waals surface area (Å²) in [6.07, 6.45) is 1.79. The minimum absolute atomic E-state index is 0.0176. The highest BCUT2D eigenvalue weighted by Gasteiger charge is 2.31. The van der Waals surface area contributed by atoms with E-state index in [2.05, 4.69) is 5.32 Å². The van der Waals surface area contributed by atoms with E-state index in [9.17, 15) is 13.2 Å². The molecule has 5 nitrogen and oxygen atoms in total. The van der Waals surface area contributed by atoms with Crippen LogP contribution in [0, 0.1) is 5.92 Å². The molecular weight excluding hydrogens is 314 g/mol. The van der Waals surface area contributed by atoms with Crippen LogP contribution in [0.2, 0.25) is 0 Å². The first-order chi connectivity index (χ1) is 10.9. The molecule has 1 aromatic heterocycles. The van der Waals surface area contributed by atoms with Crippen molar-refractivity contribution in [1.29, 1.82) is 0 Å². The molecule has 0 saturated heterocycles. The van der Waals surface area contributed by atoms with Crippen LogP contribution in [-0.2, 0) is 14.6 Å². The Hall–Kier alpha value is -2.08. The number of hydrogen-bond donors (Lipinski definition) is 1. The fourth-order valence-corrected chi connectivity index (χ4v) is 3.87. The predicted molar refractivity (Wildman–Crippen MR) is 87.5 cm³/mol. The van der Waals surface area contributed by atoms with Gasteiger partial charge in [0, 0.05) is 13.0 Å². The zero-order chi connectivity index (χ0) is 16.9. The average Bonchev–Trinajstić information content (AvgIpc) is 3.01. The first-order valence-corrected chi connectivity index (χ1v) is 9.05. The topological polar surface area (TPSA) is 76.4 Å². The molecule has 0 bridgehead atoms. The Balaban J connectivity index is 2.24. The molecule has 1 atom stereocenters. The Morgan fingerprint density at radius 2 is 1.83 bits per heavy atom. The largest absolute Gasteiger partial charge is 0.468 e. The van der Waals surface area contributed by atoms with Gasteiger partial charge in [-0.25, -0.2) is 8.42 Å². The summed E-state index contributed by atoms with van der Waals surface area (Å²) < 4.78 is 31.0. The molecule has 23 heavy (non-hydrogen) atoms. The molecule has 0 spiro atoms. The molecule has 0 unspecified atom stereocenters. The summed E-state index contributed by atoms with van der Waals surface area (Å²) in [6, 6.07) is 11.4. The molecule has 0 radical (unpaired) electrons.